The maximum absolute atomic E-state index is 13.2. The van der Waals surface area contributed by atoms with E-state index in [0.29, 0.717) is 50.6 Å². The van der Waals surface area contributed by atoms with Gasteiger partial charge in [-0.2, -0.15) is 4.31 Å². The van der Waals surface area contributed by atoms with Gasteiger partial charge in [0, 0.05) is 57.1 Å². The molecule has 1 fully saturated rings. The molecule has 1 saturated heterocycles. The van der Waals surface area contributed by atoms with Crippen LogP contribution in [0.15, 0.2) is 47.4 Å². The first-order valence-electron chi connectivity index (χ1n) is 11.4. The van der Waals surface area contributed by atoms with E-state index in [1.165, 1.54) is 28.6 Å². The molecule has 184 valence electrons. The SMILES string of the molecule is CCN1CCN(S(=O)(=O)c2cccc(NC(=O)c3cc([N+](=O)[O-])ccc3N(CC)CC)c2)CC1. The summed E-state index contributed by atoms with van der Waals surface area (Å²) in [4.78, 5) is 28.1. The Morgan fingerprint density at radius 1 is 1.06 bits per heavy atom. The molecule has 0 spiro atoms. The number of hydrogen-bond acceptors (Lipinski definition) is 7. The van der Waals surface area contributed by atoms with Crippen molar-refractivity contribution in [1.29, 1.82) is 0 Å². The van der Waals surface area contributed by atoms with Crippen molar-refractivity contribution < 1.29 is 18.1 Å². The van der Waals surface area contributed by atoms with Gasteiger partial charge in [0.25, 0.3) is 11.6 Å². The number of nitrogens with one attached hydrogen (secondary N) is 1. The second kappa shape index (κ2) is 10.9. The molecule has 34 heavy (non-hydrogen) atoms. The Hall–Kier alpha value is -3.02. The maximum atomic E-state index is 13.2. The summed E-state index contributed by atoms with van der Waals surface area (Å²) in [6, 6.07) is 10.3. The number of nitro benzene ring substituents is 1. The number of benzene rings is 2. The minimum absolute atomic E-state index is 0.0956. The molecule has 1 amide bonds. The fraction of sp³-hybridized carbons (Fsp3) is 0.435. The zero-order valence-corrected chi connectivity index (χ0v) is 20.5. The van der Waals surface area contributed by atoms with E-state index in [2.05, 4.69) is 10.2 Å². The molecule has 10 nitrogen and oxygen atoms in total. The first-order valence-corrected chi connectivity index (χ1v) is 12.8. The molecule has 0 atom stereocenters. The quantitative estimate of drug-likeness (QED) is 0.425. The molecular formula is C23H31N5O5S. The van der Waals surface area contributed by atoms with Crippen LogP contribution in [-0.2, 0) is 10.0 Å². The summed E-state index contributed by atoms with van der Waals surface area (Å²) in [6.07, 6.45) is 0. The summed E-state index contributed by atoms with van der Waals surface area (Å²) in [6.45, 7) is 10.2. The summed E-state index contributed by atoms with van der Waals surface area (Å²) >= 11 is 0. The zero-order valence-electron chi connectivity index (χ0n) is 19.7. The average molecular weight is 490 g/mol. The van der Waals surface area contributed by atoms with Gasteiger partial charge in [0.2, 0.25) is 10.0 Å². The van der Waals surface area contributed by atoms with E-state index in [-0.39, 0.29) is 16.1 Å². The average Bonchev–Trinajstić information content (AvgIpc) is 2.85. The van der Waals surface area contributed by atoms with Gasteiger partial charge in [0.1, 0.15) is 0 Å². The molecule has 0 bridgehead atoms. The van der Waals surface area contributed by atoms with E-state index in [4.69, 9.17) is 0 Å². The van der Waals surface area contributed by atoms with Gasteiger partial charge in [-0.15, -0.1) is 0 Å². The van der Waals surface area contributed by atoms with E-state index in [0.717, 1.165) is 6.54 Å². The molecule has 0 aromatic heterocycles. The fourth-order valence-electron chi connectivity index (χ4n) is 4.03. The molecule has 0 aliphatic carbocycles. The largest absolute Gasteiger partial charge is 0.371 e. The highest BCUT2D eigenvalue weighted by atomic mass is 32.2. The van der Waals surface area contributed by atoms with Gasteiger partial charge in [-0.3, -0.25) is 14.9 Å². The summed E-state index contributed by atoms with van der Waals surface area (Å²) in [7, 11) is -3.71. The number of non-ortho nitro benzene ring substituents is 1. The predicted molar refractivity (Wildman–Crippen MR) is 132 cm³/mol. The van der Waals surface area contributed by atoms with Crippen molar-refractivity contribution >= 4 is 33.0 Å². The molecule has 2 aromatic rings. The number of likely N-dealkylation sites (N-methyl/N-ethyl adjacent to an activating group) is 1. The molecule has 0 saturated carbocycles. The minimum atomic E-state index is -3.71. The number of rotatable bonds is 9. The number of hydrogen-bond donors (Lipinski definition) is 1. The van der Waals surface area contributed by atoms with Crippen LogP contribution in [0.2, 0.25) is 0 Å². The Balaban J connectivity index is 1.87. The van der Waals surface area contributed by atoms with Gasteiger partial charge in [0.15, 0.2) is 0 Å². The van der Waals surface area contributed by atoms with Crippen LogP contribution in [0, 0.1) is 10.1 Å². The summed E-state index contributed by atoms with van der Waals surface area (Å²) in [5.41, 5.74) is 0.839. The van der Waals surface area contributed by atoms with E-state index in [1.807, 2.05) is 25.7 Å². The number of piperazine rings is 1. The summed E-state index contributed by atoms with van der Waals surface area (Å²) < 4.78 is 27.7. The first-order chi connectivity index (χ1) is 16.2. The van der Waals surface area contributed by atoms with Crippen LogP contribution in [0.3, 0.4) is 0 Å². The number of carbonyl (C=O) groups is 1. The van der Waals surface area contributed by atoms with Crippen LogP contribution in [0.1, 0.15) is 31.1 Å². The number of carbonyl (C=O) groups excluding carboxylic acids is 1. The lowest BCUT2D eigenvalue weighted by atomic mass is 10.1. The highest BCUT2D eigenvalue weighted by molar-refractivity contribution is 7.89. The van der Waals surface area contributed by atoms with Gasteiger partial charge < -0.3 is 15.1 Å². The Bertz CT molecular complexity index is 1140. The predicted octanol–water partition coefficient (Wildman–Crippen LogP) is 3.02. The van der Waals surface area contributed by atoms with Crippen molar-refractivity contribution in [3.05, 3.63) is 58.1 Å². The summed E-state index contributed by atoms with van der Waals surface area (Å²) in [5, 5.41) is 14.0. The molecule has 0 radical (unpaired) electrons. The lowest BCUT2D eigenvalue weighted by Crippen LogP contribution is -2.48. The number of nitro groups is 1. The van der Waals surface area contributed by atoms with Gasteiger partial charge in [-0.1, -0.05) is 13.0 Å². The molecule has 0 unspecified atom stereocenters. The molecule has 1 aliphatic rings. The fourth-order valence-corrected chi connectivity index (χ4v) is 5.50. The van der Waals surface area contributed by atoms with Gasteiger partial charge >= 0.3 is 0 Å². The third-order valence-corrected chi connectivity index (χ3v) is 7.94. The van der Waals surface area contributed by atoms with Crippen molar-refractivity contribution in [2.45, 2.75) is 25.7 Å². The molecule has 2 aromatic carbocycles. The van der Waals surface area contributed by atoms with Gasteiger partial charge in [-0.05, 0) is 44.7 Å². The van der Waals surface area contributed by atoms with Crippen LogP contribution in [0.5, 0.6) is 0 Å². The summed E-state index contributed by atoms with van der Waals surface area (Å²) in [5.74, 6) is -0.545. The van der Waals surface area contributed by atoms with Crippen molar-refractivity contribution in [2.24, 2.45) is 0 Å². The van der Waals surface area contributed by atoms with Crippen LogP contribution in [0.25, 0.3) is 0 Å². The standard InChI is InChI=1S/C23H31N5O5S/c1-4-25-12-14-27(15-13-25)34(32,33)20-9-7-8-18(16-20)24-23(29)21-17-19(28(30)31)10-11-22(21)26(5-2)6-3/h7-11,16-17H,4-6,12-15H2,1-3H3,(H,24,29). The Morgan fingerprint density at radius 3 is 2.32 bits per heavy atom. The van der Waals surface area contributed by atoms with Crippen molar-refractivity contribution in [3.63, 3.8) is 0 Å². The van der Waals surface area contributed by atoms with Crippen molar-refractivity contribution in [1.82, 2.24) is 9.21 Å². The lowest BCUT2D eigenvalue weighted by Gasteiger charge is -2.33. The normalized spacial score (nSPS) is 15.1. The molecule has 1 N–H and O–H groups in total. The first kappa shape index (κ1) is 25.6. The number of sulfonamides is 1. The number of anilines is 2. The Morgan fingerprint density at radius 2 is 1.74 bits per heavy atom. The van der Waals surface area contributed by atoms with E-state index in [1.54, 1.807) is 18.2 Å². The van der Waals surface area contributed by atoms with E-state index >= 15 is 0 Å². The van der Waals surface area contributed by atoms with Crippen molar-refractivity contribution in [3.8, 4) is 0 Å². The monoisotopic (exact) mass is 489 g/mol. The van der Waals surface area contributed by atoms with E-state index < -0.39 is 20.9 Å². The third-order valence-electron chi connectivity index (χ3n) is 6.05. The third kappa shape index (κ3) is 5.54. The van der Waals surface area contributed by atoms with Crippen LogP contribution in [0.4, 0.5) is 17.1 Å². The molecular weight excluding hydrogens is 458 g/mol. The highest BCUT2D eigenvalue weighted by Crippen LogP contribution is 2.27. The Kier molecular flexibility index (Phi) is 8.24. The lowest BCUT2D eigenvalue weighted by molar-refractivity contribution is -0.384. The number of amides is 1. The van der Waals surface area contributed by atoms with E-state index in [9.17, 15) is 23.3 Å². The number of nitrogens with zero attached hydrogens (tertiary/aromatic N) is 4. The van der Waals surface area contributed by atoms with Crippen molar-refractivity contribution in [2.75, 3.05) is 56.0 Å². The van der Waals surface area contributed by atoms with Gasteiger partial charge in [0.05, 0.1) is 21.1 Å². The topological polar surface area (TPSA) is 116 Å². The second-order valence-electron chi connectivity index (χ2n) is 7.95. The minimum Gasteiger partial charge on any atom is -0.371 e. The molecule has 1 heterocycles. The molecule has 11 heteroatoms. The second-order valence-corrected chi connectivity index (χ2v) is 9.89. The molecule has 1 aliphatic heterocycles. The highest BCUT2D eigenvalue weighted by Gasteiger charge is 2.28. The van der Waals surface area contributed by atoms with Crippen LogP contribution >= 0.6 is 0 Å². The van der Waals surface area contributed by atoms with Gasteiger partial charge in [-0.25, -0.2) is 8.42 Å². The molecule has 3 rings (SSSR count). The Labute approximate surface area is 200 Å². The van der Waals surface area contributed by atoms with Crippen LogP contribution < -0.4 is 10.2 Å². The maximum Gasteiger partial charge on any atom is 0.270 e. The zero-order chi connectivity index (χ0) is 24.9. The smallest absolute Gasteiger partial charge is 0.270 e. The van der Waals surface area contributed by atoms with Crippen LogP contribution in [-0.4, -0.2) is 74.3 Å².